The van der Waals surface area contributed by atoms with Gasteiger partial charge in [0.05, 0.1) is 36.5 Å². The lowest BCUT2D eigenvalue weighted by molar-refractivity contribution is 0.0695. The molecule has 0 saturated heterocycles. The first-order chi connectivity index (χ1) is 13.0. The summed E-state index contributed by atoms with van der Waals surface area (Å²) in [4.78, 5) is 11.8. The maximum absolute atomic E-state index is 11.8. The monoisotopic (exact) mass is 385 g/mol. The van der Waals surface area contributed by atoms with Gasteiger partial charge in [0.2, 0.25) is 0 Å². The fourth-order valence-corrected chi connectivity index (χ4v) is 4.47. The molecule has 0 aromatic heterocycles. The van der Waals surface area contributed by atoms with E-state index in [0.29, 0.717) is 16.3 Å². The first-order valence-corrected chi connectivity index (χ1v) is 9.13. The van der Waals surface area contributed by atoms with E-state index in [2.05, 4.69) is 17.5 Å². The largest absolute Gasteiger partial charge is 0.497 e. The van der Waals surface area contributed by atoms with Crippen molar-refractivity contribution in [2.45, 2.75) is 18.4 Å². The van der Waals surface area contributed by atoms with Crippen LogP contribution in [0.15, 0.2) is 42.5 Å². The third kappa shape index (κ3) is 2.82. The number of carbonyl (C=O) groups is 1. The minimum atomic E-state index is -0.943. The average molecular weight is 386 g/mol. The van der Waals surface area contributed by atoms with Gasteiger partial charge in [-0.25, -0.2) is 4.79 Å². The number of allylic oxidation sites excluding steroid dienone is 2. The molecule has 2 aliphatic rings. The molecule has 3 atom stereocenters. The van der Waals surface area contributed by atoms with Gasteiger partial charge in [-0.05, 0) is 48.2 Å². The van der Waals surface area contributed by atoms with Crippen LogP contribution in [0, 0.1) is 5.92 Å². The van der Waals surface area contributed by atoms with Crippen LogP contribution in [0.25, 0.3) is 0 Å². The van der Waals surface area contributed by atoms with Gasteiger partial charge in [-0.3, -0.25) is 0 Å². The number of anilines is 1. The van der Waals surface area contributed by atoms with E-state index >= 15 is 0 Å². The molecule has 2 aromatic carbocycles. The molecule has 0 bridgehead atoms. The summed E-state index contributed by atoms with van der Waals surface area (Å²) in [6.45, 7) is 0. The Morgan fingerprint density at radius 1 is 1.22 bits per heavy atom. The number of benzene rings is 2. The molecule has 1 aliphatic carbocycles. The van der Waals surface area contributed by atoms with Gasteiger partial charge in [-0.1, -0.05) is 23.8 Å². The Balaban J connectivity index is 1.89. The Kier molecular flexibility index (Phi) is 4.48. The maximum atomic E-state index is 11.8. The number of hydrogen-bond acceptors (Lipinski definition) is 4. The van der Waals surface area contributed by atoms with Gasteiger partial charge in [-0.15, -0.1) is 0 Å². The SMILES string of the molecule is COc1ccc(OC)c([C@H]2Nc3c(Cl)ccc(C(=O)O)c3[C@@H]3C=CC[C@@H]23)c1. The summed E-state index contributed by atoms with van der Waals surface area (Å²) in [6, 6.07) is 8.85. The molecule has 5 nitrogen and oxygen atoms in total. The molecule has 0 amide bonds. The highest BCUT2D eigenvalue weighted by molar-refractivity contribution is 6.33. The predicted octanol–water partition coefficient (Wildman–Crippen LogP) is 4.88. The van der Waals surface area contributed by atoms with Gasteiger partial charge < -0.3 is 19.9 Å². The van der Waals surface area contributed by atoms with Crippen molar-refractivity contribution in [1.29, 1.82) is 0 Å². The van der Waals surface area contributed by atoms with E-state index in [1.54, 1.807) is 26.4 Å². The molecule has 6 heteroatoms. The number of halogens is 1. The Morgan fingerprint density at radius 2 is 2.04 bits per heavy atom. The molecule has 2 N–H and O–H groups in total. The van der Waals surface area contributed by atoms with E-state index < -0.39 is 5.97 Å². The third-order valence-electron chi connectivity index (χ3n) is 5.47. The van der Waals surface area contributed by atoms with Crippen LogP contribution in [0.1, 0.15) is 39.9 Å². The molecule has 0 saturated carbocycles. The van der Waals surface area contributed by atoms with Crippen molar-refractivity contribution in [1.82, 2.24) is 0 Å². The average Bonchev–Trinajstić information content (AvgIpc) is 3.17. The number of aromatic carboxylic acids is 1. The number of hydrogen-bond donors (Lipinski definition) is 2. The van der Waals surface area contributed by atoms with Crippen molar-refractivity contribution in [3.63, 3.8) is 0 Å². The van der Waals surface area contributed by atoms with Crippen LogP contribution in [0.3, 0.4) is 0 Å². The fourth-order valence-electron chi connectivity index (χ4n) is 4.25. The first kappa shape index (κ1) is 17.7. The van der Waals surface area contributed by atoms with Crippen molar-refractivity contribution >= 4 is 23.3 Å². The van der Waals surface area contributed by atoms with Crippen LogP contribution < -0.4 is 14.8 Å². The summed E-state index contributed by atoms with van der Waals surface area (Å²) in [7, 11) is 3.27. The summed E-state index contributed by atoms with van der Waals surface area (Å²) >= 11 is 6.46. The quantitative estimate of drug-likeness (QED) is 0.734. The third-order valence-corrected chi connectivity index (χ3v) is 5.79. The Hall–Kier alpha value is -2.66. The zero-order valence-corrected chi connectivity index (χ0v) is 15.8. The Labute approximate surface area is 162 Å². The lowest BCUT2D eigenvalue weighted by Crippen LogP contribution is -2.31. The molecule has 140 valence electrons. The van der Waals surface area contributed by atoms with Crippen LogP contribution in [0.4, 0.5) is 5.69 Å². The van der Waals surface area contributed by atoms with Crippen molar-refractivity contribution in [2.24, 2.45) is 5.92 Å². The molecule has 0 radical (unpaired) electrons. The molecule has 0 spiro atoms. The predicted molar refractivity (Wildman–Crippen MR) is 104 cm³/mol. The minimum absolute atomic E-state index is 0.0213. The van der Waals surface area contributed by atoms with Gasteiger partial charge in [0.25, 0.3) is 0 Å². The van der Waals surface area contributed by atoms with Crippen molar-refractivity contribution in [2.75, 3.05) is 19.5 Å². The number of carboxylic acids is 1. The molecule has 0 fully saturated rings. The summed E-state index contributed by atoms with van der Waals surface area (Å²) in [5.41, 5.74) is 2.70. The minimum Gasteiger partial charge on any atom is -0.497 e. The van der Waals surface area contributed by atoms with E-state index in [-0.39, 0.29) is 17.9 Å². The lowest BCUT2D eigenvalue weighted by Gasteiger charge is -2.39. The Bertz CT molecular complexity index is 940. The number of methoxy groups -OCH3 is 2. The van der Waals surface area contributed by atoms with E-state index in [0.717, 1.165) is 29.0 Å². The second-order valence-electron chi connectivity index (χ2n) is 6.77. The second-order valence-corrected chi connectivity index (χ2v) is 7.18. The highest BCUT2D eigenvalue weighted by Gasteiger charge is 2.41. The van der Waals surface area contributed by atoms with Gasteiger partial charge in [0.1, 0.15) is 11.5 Å². The zero-order chi connectivity index (χ0) is 19.1. The van der Waals surface area contributed by atoms with Crippen LogP contribution in [0.2, 0.25) is 5.02 Å². The molecular weight excluding hydrogens is 366 g/mol. The van der Waals surface area contributed by atoms with Crippen molar-refractivity contribution in [3.05, 3.63) is 64.2 Å². The molecule has 1 aliphatic heterocycles. The molecule has 1 heterocycles. The normalized spacial score (nSPS) is 22.6. The van der Waals surface area contributed by atoms with Crippen LogP contribution >= 0.6 is 11.6 Å². The van der Waals surface area contributed by atoms with E-state index in [9.17, 15) is 9.90 Å². The number of carboxylic acid groups (broad SMARTS) is 1. The van der Waals surface area contributed by atoms with E-state index in [1.807, 2.05) is 18.2 Å². The number of fused-ring (bicyclic) bond motifs is 3. The highest BCUT2D eigenvalue weighted by Crippen LogP contribution is 2.54. The molecule has 0 unspecified atom stereocenters. The van der Waals surface area contributed by atoms with E-state index in [4.69, 9.17) is 21.1 Å². The van der Waals surface area contributed by atoms with Crippen molar-refractivity contribution < 1.29 is 19.4 Å². The van der Waals surface area contributed by atoms with Crippen molar-refractivity contribution in [3.8, 4) is 11.5 Å². The first-order valence-electron chi connectivity index (χ1n) is 8.76. The standard InChI is InChI=1S/C21H20ClNO4/c1-26-11-6-9-17(27-2)15(10-11)19-13-5-3-4-12(13)18-14(21(24)25)7-8-16(22)20(18)23-19/h3-4,6-10,12-13,19,23H,5H2,1-2H3,(H,24,25)/t12-,13-,19+/m1/s1. The second kappa shape index (κ2) is 6.82. The summed E-state index contributed by atoms with van der Waals surface area (Å²) < 4.78 is 11.0. The number of nitrogens with one attached hydrogen (secondary N) is 1. The highest BCUT2D eigenvalue weighted by atomic mass is 35.5. The summed E-state index contributed by atoms with van der Waals surface area (Å²) in [5, 5.41) is 13.7. The van der Waals surface area contributed by atoms with Crippen LogP contribution in [0.5, 0.6) is 11.5 Å². The lowest BCUT2D eigenvalue weighted by atomic mass is 9.75. The smallest absolute Gasteiger partial charge is 0.336 e. The Morgan fingerprint density at radius 3 is 2.74 bits per heavy atom. The zero-order valence-electron chi connectivity index (χ0n) is 15.0. The van der Waals surface area contributed by atoms with Crippen LogP contribution in [-0.4, -0.2) is 25.3 Å². The summed E-state index contributed by atoms with van der Waals surface area (Å²) in [5.74, 6) is 0.697. The summed E-state index contributed by atoms with van der Waals surface area (Å²) in [6.07, 6.45) is 5.04. The van der Waals surface area contributed by atoms with Gasteiger partial charge >= 0.3 is 5.97 Å². The van der Waals surface area contributed by atoms with Crippen LogP contribution in [-0.2, 0) is 0 Å². The van der Waals surface area contributed by atoms with Gasteiger partial charge in [0, 0.05) is 11.5 Å². The topological polar surface area (TPSA) is 67.8 Å². The molecular formula is C21H20ClNO4. The number of rotatable bonds is 4. The molecule has 4 rings (SSSR count). The fraction of sp³-hybridized carbons (Fsp3) is 0.286. The maximum Gasteiger partial charge on any atom is 0.336 e. The van der Waals surface area contributed by atoms with Gasteiger partial charge in [-0.2, -0.15) is 0 Å². The molecule has 27 heavy (non-hydrogen) atoms. The van der Waals surface area contributed by atoms with E-state index in [1.165, 1.54) is 0 Å². The molecule has 2 aromatic rings. The van der Waals surface area contributed by atoms with Gasteiger partial charge in [0.15, 0.2) is 0 Å². The number of ether oxygens (including phenoxy) is 2.